The van der Waals surface area contributed by atoms with E-state index in [1.165, 1.54) is 5.56 Å². The van der Waals surface area contributed by atoms with E-state index >= 15 is 0 Å². The normalized spacial score (nSPS) is 10.6. The fourth-order valence-electron chi connectivity index (χ4n) is 2.42. The molecule has 0 aliphatic carbocycles. The topological polar surface area (TPSA) is 50.4 Å². The third-order valence-corrected chi connectivity index (χ3v) is 3.63. The highest BCUT2D eigenvalue weighted by Crippen LogP contribution is 2.18. The van der Waals surface area contributed by atoms with Crippen LogP contribution in [-0.4, -0.2) is 12.5 Å². The summed E-state index contributed by atoms with van der Waals surface area (Å²) < 4.78 is 5.59. The van der Waals surface area contributed by atoms with Crippen LogP contribution in [0.3, 0.4) is 0 Å². The van der Waals surface area contributed by atoms with Gasteiger partial charge >= 0.3 is 0 Å². The van der Waals surface area contributed by atoms with Crippen molar-refractivity contribution in [3.63, 3.8) is 0 Å². The monoisotopic (exact) mass is 340 g/mol. The molecule has 0 aromatic heterocycles. The Labute approximate surface area is 150 Å². The summed E-state index contributed by atoms with van der Waals surface area (Å²) in [4.78, 5) is 11.9. The first-order valence-electron chi connectivity index (χ1n) is 8.92. The summed E-state index contributed by atoms with van der Waals surface area (Å²) in [5.74, 6) is 1.31. The zero-order valence-corrected chi connectivity index (χ0v) is 15.3. The fourth-order valence-corrected chi connectivity index (χ4v) is 2.42. The predicted octanol–water partition coefficient (Wildman–Crippen LogP) is 5.07. The third kappa shape index (κ3) is 6.87. The van der Waals surface area contributed by atoms with Crippen LogP contribution in [0.4, 0.5) is 11.4 Å². The molecule has 25 heavy (non-hydrogen) atoms. The van der Waals surface area contributed by atoms with Crippen molar-refractivity contribution in [3.05, 3.63) is 54.1 Å². The predicted molar refractivity (Wildman–Crippen MR) is 104 cm³/mol. The molecule has 0 spiro atoms. The Bertz CT molecular complexity index is 666. The standard InChI is InChI=1S/C21H28N2O2/c1-4-12-25-20-10-8-17(9-11-20)15-22-18-6-5-7-19(14-18)23-21(24)13-16(2)3/h5-11,14,16,22H,4,12-13,15H2,1-3H3,(H,23,24). The first kappa shape index (κ1) is 18.8. The minimum Gasteiger partial charge on any atom is -0.494 e. The summed E-state index contributed by atoms with van der Waals surface area (Å²) in [5.41, 5.74) is 2.98. The number of carbonyl (C=O) groups excluding carboxylic acids is 1. The quantitative estimate of drug-likeness (QED) is 0.670. The van der Waals surface area contributed by atoms with Crippen molar-refractivity contribution in [2.24, 2.45) is 5.92 Å². The van der Waals surface area contributed by atoms with Gasteiger partial charge in [0, 0.05) is 24.3 Å². The van der Waals surface area contributed by atoms with Crippen LogP contribution >= 0.6 is 0 Å². The van der Waals surface area contributed by atoms with Gasteiger partial charge in [0.15, 0.2) is 0 Å². The highest BCUT2D eigenvalue weighted by Gasteiger charge is 2.05. The Hall–Kier alpha value is -2.49. The summed E-state index contributed by atoms with van der Waals surface area (Å²) in [7, 11) is 0. The van der Waals surface area contributed by atoms with Crippen molar-refractivity contribution in [1.29, 1.82) is 0 Å². The molecule has 2 aromatic carbocycles. The first-order valence-corrected chi connectivity index (χ1v) is 8.92. The lowest BCUT2D eigenvalue weighted by Crippen LogP contribution is -2.13. The molecule has 0 bridgehead atoms. The van der Waals surface area contributed by atoms with Gasteiger partial charge in [-0.3, -0.25) is 4.79 Å². The van der Waals surface area contributed by atoms with Gasteiger partial charge in [-0.1, -0.05) is 39.0 Å². The SMILES string of the molecule is CCCOc1ccc(CNc2cccc(NC(=O)CC(C)C)c2)cc1. The molecule has 0 aliphatic heterocycles. The lowest BCUT2D eigenvalue weighted by Gasteiger charge is -2.11. The summed E-state index contributed by atoms with van der Waals surface area (Å²) in [6.07, 6.45) is 1.54. The van der Waals surface area contributed by atoms with E-state index < -0.39 is 0 Å². The second kappa shape index (κ2) is 9.72. The molecule has 2 aromatic rings. The Morgan fingerprint density at radius 1 is 1.08 bits per heavy atom. The van der Waals surface area contributed by atoms with Crippen molar-refractivity contribution >= 4 is 17.3 Å². The largest absolute Gasteiger partial charge is 0.494 e. The van der Waals surface area contributed by atoms with Gasteiger partial charge in [-0.15, -0.1) is 0 Å². The van der Waals surface area contributed by atoms with E-state index in [1.807, 2.05) is 50.2 Å². The number of ether oxygens (including phenoxy) is 1. The van der Waals surface area contributed by atoms with Gasteiger partial charge < -0.3 is 15.4 Å². The zero-order valence-electron chi connectivity index (χ0n) is 15.3. The minimum absolute atomic E-state index is 0.0508. The minimum atomic E-state index is 0.0508. The molecule has 0 saturated heterocycles. The molecule has 0 fully saturated rings. The average Bonchev–Trinajstić information content (AvgIpc) is 2.58. The molecular weight excluding hydrogens is 312 g/mol. The molecule has 0 radical (unpaired) electrons. The van der Waals surface area contributed by atoms with Gasteiger partial charge in [0.05, 0.1) is 6.61 Å². The molecule has 4 heteroatoms. The van der Waals surface area contributed by atoms with E-state index in [2.05, 4.69) is 29.7 Å². The summed E-state index contributed by atoms with van der Waals surface area (Å²) in [6, 6.07) is 15.9. The summed E-state index contributed by atoms with van der Waals surface area (Å²) in [5, 5.41) is 6.33. The van der Waals surface area contributed by atoms with Crippen LogP contribution in [-0.2, 0) is 11.3 Å². The molecule has 0 unspecified atom stereocenters. The molecule has 0 aliphatic rings. The van der Waals surface area contributed by atoms with Crippen molar-refractivity contribution < 1.29 is 9.53 Å². The van der Waals surface area contributed by atoms with Gasteiger partial charge in [0.2, 0.25) is 5.91 Å². The van der Waals surface area contributed by atoms with Gasteiger partial charge in [0.1, 0.15) is 5.75 Å². The molecule has 4 nitrogen and oxygen atoms in total. The van der Waals surface area contributed by atoms with Crippen LogP contribution in [0.2, 0.25) is 0 Å². The van der Waals surface area contributed by atoms with Crippen LogP contribution in [0, 0.1) is 5.92 Å². The van der Waals surface area contributed by atoms with E-state index in [-0.39, 0.29) is 5.91 Å². The number of hydrogen-bond donors (Lipinski definition) is 2. The summed E-state index contributed by atoms with van der Waals surface area (Å²) in [6.45, 7) is 7.63. The van der Waals surface area contributed by atoms with E-state index in [0.29, 0.717) is 12.3 Å². The van der Waals surface area contributed by atoms with E-state index in [0.717, 1.165) is 36.7 Å². The van der Waals surface area contributed by atoms with Gasteiger partial charge in [0.25, 0.3) is 0 Å². The maximum absolute atomic E-state index is 11.9. The Morgan fingerprint density at radius 3 is 2.48 bits per heavy atom. The molecule has 2 rings (SSSR count). The molecular formula is C21H28N2O2. The molecule has 0 saturated carbocycles. The highest BCUT2D eigenvalue weighted by atomic mass is 16.5. The fraction of sp³-hybridized carbons (Fsp3) is 0.381. The Morgan fingerprint density at radius 2 is 1.80 bits per heavy atom. The molecule has 134 valence electrons. The smallest absolute Gasteiger partial charge is 0.224 e. The van der Waals surface area contributed by atoms with E-state index in [9.17, 15) is 4.79 Å². The van der Waals surface area contributed by atoms with Crippen LogP contribution in [0.15, 0.2) is 48.5 Å². The molecule has 0 atom stereocenters. The highest BCUT2D eigenvalue weighted by molar-refractivity contribution is 5.91. The van der Waals surface area contributed by atoms with Crippen LogP contribution in [0.1, 0.15) is 39.2 Å². The summed E-state index contributed by atoms with van der Waals surface area (Å²) >= 11 is 0. The van der Waals surface area contributed by atoms with Crippen molar-refractivity contribution in [2.75, 3.05) is 17.2 Å². The second-order valence-corrected chi connectivity index (χ2v) is 6.57. The Kier molecular flexibility index (Phi) is 7.33. The number of anilines is 2. The number of carbonyl (C=O) groups is 1. The van der Waals surface area contributed by atoms with Crippen LogP contribution in [0.5, 0.6) is 5.75 Å². The van der Waals surface area contributed by atoms with Gasteiger partial charge in [-0.25, -0.2) is 0 Å². The van der Waals surface area contributed by atoms with Crippen LogP contribution in [0.25, 0.3) is 0 Å². The number of hydrogen-bond acceptors (Lipinski definition) is 3. The van der Waals surface area contributed by atoms with Crippen molar-refractivity contribution in [3.8, 4) is 5.75 Å². The molecule has 2 N–H and O–H groups in total. The lowest BCUT2D eigenvalue weighted by molar-refractivity contribution is -0.116. The number of amides is 1. The van der Waals surface area contributed by atoms with Gasteiger partial charge in [-0.2, -0.15) is 0 Å². The number of nitrogens with one attached hydrogen (secondary N) is 2. The maximum atomic E-state index is 11.9. The zero-order chi connectivity index (χ0) is 18.1. The average molecular weight is 340 g/mol. The van der Waals surface area contributed by atoms with Crippen LogP contribution < -0.4 is 15.4 Å². The molecule has 1 amide bonds. The lowest BCUT2D eigenvalue weighted by atomic mass is 10.1. The maximum Gasteiger partial charge on any atom is 0.224 e. The second-order valence-electron chi connectivity index (χ2n) is 6.57. The Balaban J connectivity index is 1.88. The number of rotatable bonds is 9. The molecule has 0 heterocycles. The number of benzene rings is 2. The first-order chi connectivity index (χ1) is 12.1. The van der Waals surface area contributed by atoms with E-state index in [4.69, 9.17) is 4.74 Å². The van der Waals surface area contributed by atoms with Gasteiger partial charge in [-0.05, 0) is 48.2 Å². The van der Waals surface area contributed by atoms with Crippen molar-refractivity contribution in [1.82, 2.24) is 0 Å². The third-order valence-electron chi connectivity index (χ3n) is 3.63. The van der Waals surface area contributed by atoms with E-state index in [1.54, 1.807) is 0 Å². The van der Waals surface area contributed by atoms with Crippen molar-refractivity contribution in [2.45, 2.75) is 40.2 Å².